The van der Waals surface area contributed by atoms with E-state index >= 15 is 0 Å². The molecule has 2 aromatic carbocycles. The van der Waals surface area contributed by atoms with Crippen LogP contribution in [0.1, 0.15) is 22.8 Å². The van der Waals surface area contributed by atoms with E-state index in [9.17, 15) is 9.59 Å². The Kier molecular flexibility index (Phi) is 6.01. The topological polar surface area (TPSA) is 52.7 Å². The number of carbonyl (C=O) groups excluding carboxylic acids is 2. The van der Waals surface area contributed by atoms with Gasteiger partial charge in [0.15, 0.2) is 0 Å². The molecule has 0 aliphatic carbocycles. The molecule has 6 heteroatoms. The molecule has 1 saturated heterocycles. The average molecular weight is 386 g/mol. The number of piperazine rings is 1. The fourth-order valence-corrected chi connectivity index (χ4v) is 3.20. The van der Waals surface area contributed by atoms with E-state index in [2.05, 4.69) is 10.2 Å². The number of hydrogen-bond acceptors (Lipinski definition) is 3. The lowest BCUT2D eigenvalue weighted by Gasteiger charge is -2.36. The molecule has 1 atom stereocenters. The molecule has 0 radical (unpaired) electrons. The summed E-state index contributed by atoms with van der Waals surface area (Å²) in [7, 11) is 0. The lowest BCUT2D eigenvalue weighted by atomic mass is 10.1. The molecule has 1 aliphatic rings. The van der Waals surface area contributed by atoms with Gasteiger partial charge >= 0.3 is 0 Å². The summed E-state index contributed by atoms with van der Waals surface area (Å²) in [4.78, 5) is 28.5. The van der Waals surface area contributed by atoms with Gasteiger partial charge in [0, 0.05) is 43.1 Å². The first-order valence-corrected chi connectivity index (χ1v) is 9.54. The summed E-state index contributed by atoms with van der Waals surface area (Å²) >= 11 is 5.77. The zero-order valence-electron chi connectivity index (χ0n) is 15.6. The van der Waals surface area contributed by atoms with Crippen LogP contribution < -0.4 is 10.2 Å². The molecule has 0 bridgehead atoms. The van der Waals surface area contributed by atoms with Crippen molar-refractivity contribution in [3.8, 4) is 0 Å². The first kappa shape index (κ1) is 19.2. The van der Waals surface area contributed by atoms with Crippen molar-refractivity contribution < 1.29 is 9.59 Å². The maximum atomic E-state index is 12.7. The maximum absolute atomic E-state index is 12.7. The van der Waals surface area contributed by atoms with Crippen LogP contribution in [0.3, 0.4) is 0 Å². The van der Waals surface area contributed by atoms with Crippen molar-refractivity contribution in [3.05, 3.63) is 59.7 Å². The summed E-state index contributed by atoms with van der Waals surface area (Å²) in [5.74, 6) is -0.117. The summed E-state index contributed by atoms with van der Waals surface area (Å²) in [5.41, 5.74) is 3.59. The van der Waals surface area contributed by atoms with Crippen LogP contribution >= 0.6 is 11.6 Å². The molecule has 2 aromatic rings. The van der Waals surface area contributed by atoms with Crippen LogP contribution in [0.15, 0.2) is 48.5 Å². The number of benzene rings is 2. The number of alkyl halides is 1. The van der Waals surface area contributed by atoms with Gasteiger partial charge in [0.25, 0.3) is 5.91 Å². The molecule has 1 N–H and O–H groups in total. The van der Waals surface area contributed by atoms with E-state index < -0.39 is 5.38 Å². The fourth-order valence-electron chi connectivity index (χ4n) is 3.15. The minimum atomic E-state index is -0.566. The number of halogens is 1. The number of rotatable bonds is 4. The Morgan fingerprint density at radius 2 is 1.63 bits per heavy atom. The third kappa shape index (κ3) is 4.61. The van der Waals surface area contributed by atoms with Crippen LogP contribution in [-0.2, 0) is 4.79 Å². The highest BCUT2D eigenvalue weighted by molar-refractivity contribution is 6.32. The van der Waals surface area contributed by atoms with Crippen molar-refractivity contribution >= 4 is 34.8 Å². The van der Waals surface area contributed by atoms with Crippen LogP contribution in [0.5, 0.6) is 0 Å². The minimum absolute atomic E-state index is 0.0982. The van der Waals surface area contributed by atoms with E-state index in [4.69, 9.17) is 11.6 Å². The largest absolute Gasteiger partial charge is 0.368 e. The van der Waals surface area contributed by atoms with Gasteiger partial charge in [0.1, 0.15) is 5.38 Å². The van der Waals surface area contributed by atoms with E-state index in [0.29, 0.717) is 13.1 Å². The average Bonchev–Trinajstić information content (AvgIpc) is 2.68. The van der Waals surface area contributed by atoms with Gasteiger partial charge < -0.3 is 15.1 Å². The van der Waals surface area contributed by atoms with E-state index in [0.717, 1.165) is 35.6 Å². The highest BCUT2D eigenvalue weighted by atomic mass is 35.5. The Morgan fingerprint density at radius 1 is 1.00 bits per heavy atom. The Hall–Kier alpha value is -2.53. The van der Waals surface area contributed by atoms with E-state index in [-0.39, 0.29) is 11.8 Å². The smallest absolute Gasteiger partial charge is 0.254 e. The predicted molar refractivity (Wildman–Crippen MR) is 110 cm³/mol. The molecule has 0 spiro atoms. The molecule has 0 aromatic heterocycles. The second kappa shape index (κ2) is 8.44. The van der Waals surface area contributed by atoms with Crippen molar-refractivity contribution in [2.75, 3.05) is 36.4 Å². The molecule has 2 amide bonds. The van der Waals surface area contributed by atoms with Crippen molar-refractivity contribution in [1.82, 2.24) is 4.90 Å². The third-order valence-electron chi connectivity index (χ3n) is 4.80. The second-order valence-electron chi connectivity index (χ2n) is 6.75. The molecule has 1 aliphatic heterocycles. The Balaban J connectivity index is 1.58. The van der Waals surface area contributed by atoms with Gasteiger partial charge in [0.05, 0.1) is 0 Å². The van der Waals surface area contributed by atoms with Crippen molar-refractivity contribution in [2.45, 2.75) is 19.2 Å². The van der Waals surface area contributed by atoms with Gasteiger partial charge in [-0.15, -0.1) is 11.6 Å². The summed E-state index contributed by atoms with van der Waals surface area (Å²) in [5, 5.41) is 2.21. The highest BCUT2D eigenvalue weighted by Gasteiger charge is 2.23. The van der Waals surface area contributed by atoms with Crippen LogP contribution in [0.2, 0.25) is 0 Å². The van der Waals surface area contributed by atoms with Crippen LogP contribution in [0, 0.1) is 6.92 Å². The lowest BCUT2D eigenvalue weighted by Crippen LogP contribution is -2.48. The number of hydrogen-bond donors (Lipinski definition) is 1. The monoisotopic (exact) mass is 385 g/mol. The zero-order chi connectivity index (χ0) is 19.4. The Morgan fingerprint density at radius 3 is 2.22 bits per heavy atom. The summed E-state index contributed by atoms with van der Waals surface area (Å²) < 4.78 is 0. The molecule has 1 unspecified atom stereocenters. The Bertz CT molecular complexity index is 812. The molecule has 5 nitrogen and oxygen atoms in total. The first-order valence-electron chi connectivity index (χ1n) is 9.10. The van der Waals surface area contributed by atoms with Crippen LogP contribution in [0.25, 0.3) is 0 Å². The summed E-state index contributed by atoms with van der Waals surface area (Å²) in [6.07, 6.45) is 0. The maximum Gasteiger partial charge on any atom is 0.254 e. The van der Waals surface area contributed by atoms with Crippen LogP contribution in [-0.4, -0.2) is 48.3 Å². The quantitative estimate of drug-likeness (QED) is 0.819. The molecule has 0 saturated carbocycles. The number of amides is 2. The zero-order valence-corrected chi connectivity index (χ0v) is 16.4. The SMILES string of the molecule is Cc1ccccc1C(=O)N1CCN(c2ccc(NC(=O)C(C)Cl)cc2)CC1. The summed E-state index contributed by atoms with van der Waals surface area (Å²) in [6, 6.07) is 15.4. The lowest BCUT2D eigenvalue weighted by molar-refractivity contribution is -0.115. The van der Waals surface area contributed by atoms with E-state index in [1.54, 1.807) is 6.92 Å². The Labute approximate surface area is 164 Å². The van der Waals surface area contributed by atoms with E-state index in [1.807, 2.05) is 60.4 Å². The number of nitrogens with one attached hydrogen (secondary N) is 1. The first-order chi connectivity index (χ1) is 13.0. The fraction of sp³-hybridized carbons (Fsp3) is 0.333. The minimum Gasteiger partial charge on any atom is -0.368 e. The molecule has 142 valence electrons. The van der Waals surface area contributed by atoms with Crippen LogP contribution in [0.4, 0.5) is 11.4 Å². The normalized spacial score (nSPS) is 15.4. The number of aryl methyl sites for hydroxylation is 1. The molecular weight excluding hydrogens is 362 g/mol. The van der Waals surface area contributed by atoms with Crippen molar-refractivity contribution in [2.24, 2.45) is 0 Å². The van der Waals surface area contributed by atoms with Gasteiger partial charge in [-0.3, -0.25) is 9.59 Å². The van der Waals surface area contributed by atoms with Gasteiger partial charge in [-0.05, 0) is 49.7 Å². The molecular formula is C21H24ClN3O2. The van der Waals surface area contributed by atoms with Gasteiger partial charge in [-0.2, -0.15) is 0 Å². The molecule has 3 rings (SSSR count). The number of nitrogens with zero attached hydrogens (tertiary/aromatic N) is 2. The van der Waals surface area contributed by atoms with Crippen molar-refractivity contribution in [3.63, 3.8) is 0 Å². The molecule has 1 fully saturated rings. The highest BCUT2D eigenvalue weighted by Crippen LogP contribution is 2.21. The van der Waals surface area contributed by atoms with Gasteiger partial charge in [-0.1, -0.05) is 18.2 Å². The standard InChI is InChI=1S/C21H24ClN3O2/c1-15-5-3-4-6-19(15)21(27)25-13-11-24(12-14-25)18-9-7-17(8-10-18)23-20(26)16(2)22/h3-10,16H,11-14H2,1-2H3,(H,23,26). The molecule has 27 heavy (non-hydrogen) atoms. The molecule has 1 heterocycles. The summed E-state index contributed by atoms with van der Waals surface area (Å²) in [6.45, 7) is 6.55. The van der Waals surface area contributed by atoms with E-state index in [1.165, 1.54) is 0 Å². The van der Waals surface area contributed by atoms with Gasteiger partial charge in [-0.25, -0.2) is 0 Å². The predicted octanol–water partition coefficient (Wildman–Crippen LogP) is 3.52. The number of anilines is 2. The second-order valence-corrected chi connectivity index (χ2v) is 7.40. The number of carbonyl (C=O) groups is 2. The third-order valence-corrected chi connectivity index (χ3v) is 5.00. The van der Waals surface area contributed by atoms with Crippen molar-refractivity contribution in [1.29, 1.82) is 0 Å². The van der Waals surface area contributed by atoms with Gasteiger partial charge in [0.2, 0.25) is 5.91 Å².